The molecule has 18 atom stereocenters. The zero-order valence-corrected chi connectivity index (χ0v) is 25.8. The van der Waals surface area contributed by atoms with Crippen molar-refractivity contribution >= 4 is 23.9 Å². The molecule has 3 saturated heterocycles. The van der Waals surface area contributed by atoms with Crippen LogP contribution in [-0.4, -0.2) is 93.1 Å². The Bertz CT molecular complexity index is 1380. The highest BCUT2D eigenvalue weighted by atomic mass is 16.6. The third kappa shape index (κ3) is 3.14. The molecule has 0 aromatic rings. The van der Waals surface area contributed by atoms with Gasteiger partial charge in [0, 0.05) is 36.5 Å². The minimum Gasteiger partial charge on any atom is -0.481 e. The molecule has 242 valence electrons. The van der Waals surface area contributed by atoms with Gasteiger partial charge in [-0.25, -0.2) is 4.79 Å². The second-order valence-electron chi connectivity index (χ2n) is 16.0. The van der Waals surface area contributed by atoms with Gasteiger partial charge in [0.15, 0.2) is 5.60 Å². The van der Waals surface area contributed by atoms with Gasteiger partial charge in [0.05, 0.1) is 18.1 Å². The maximum atomic E-state index is 13.1. The van der Waals surface area contributed by atoms with E-state index in [2.05, 4.69) is 0 Å². The summed E-state index contributed by atoms with van der Waals surface area (Å²) in [6.07, 6.45) is -2.59. The summed E-state index contributed by atoms with van der Waals surface area (Å²) in [6.45, 7) is 9.92. The zero-order chi connectivity index (χ0) is 31.7. The van der Waals surface area contributed by atoms with Crippen molar-refractivity contribution in [3.63, 3.8) is 0 Å². The van der Waals surface area contributed by atoms with E-state index in [1.165, 1.54) is 20.8 Å². The van der Waals surface area contributed by atoms with Gasteiger partial charge in [-0.05, 0) is 55.8 Å². The normalized spacial score (nSPS) is 60.5. The zero-order valence-electron chi connectivity index (χ0n) is 25.8. The van der Waals surface area contributed by atoms with Gasteiger partial charge in [-0.3, -0.25) is 14.4 Å². The third-order valence-corrected chi connectivity index (χ3v) is 14.5. The lowest BCUT2D eigenvalue weighted by molar-refractivity contribution is -0.261. The van der Waals surface area contributed by atoms with Crippen molar-refractivity contribution in [3.05, 3.63) is 0 Å². The predicted octanol–water partition coefficient (Wildman–Crippen LogP) is 1.22. The molecule has 5 saturated carbocycles. The number of hydrogen-bond donors (Lipinski definition) is 3. The molecule has 3 aliphatic heterocycles. The van der Waals surface area contributed by atoms with E-state index in [1.54, 1.807) is 0 Å². The average molecular weight is 619 g/mol. The molecule has 8 rings (SSSR count). The SMILES string of the molecule is CC(=O)O[C@H]1C[C@H]2[C@@H]([C@@H]3O[C@@H]3[C@@]3(O)C[C@@H]4O[C@@H]4[C@H](OC(C)=O)[C@]23C)[C@@H]2CC3C(C(C(=O)O)[C@H]4CC3(C)C(C)(O)C(=O)O4)[C@@]12C. The molecule has 0 aromatic carbocycles. The van der Waals surface area contributed by atoms with Crippen LogP contribution in [0, 0.1) is 51.8 Å². The molecule has 2 bridgehead atoms. The maximum absolute atomic E-state index is 13.1. The van der Waals surface area contributed by atoms with Gasteiger partial charge < -0.3 is 39.0 Å². The van der Waals surface area contributed by atoms with E-state index in [0.717, 1.165) is 0 Å². The van der Waals surface area contributed by atoms with Crippen molar-refractivity contribution in [1.29, 1.82) is 0 Å². The van der Waals surface area contributed by atoms with Crippen molar-refractivity contribution in [3.8, 4) is 0 Å². The summed E-state index contributed by atoms with van der Waals surface area (Å²) in [5, 5.41) is 34.8. The Morgan fingerprint density at radius 1 is 0.864 bits per heavy atom. The number of aliphatic carboxylic acids is 1. The number of esters is 3. The quantitative estimate of drug-likeness (QED) is 0.234. The number of hydrogen-bond acceptors (Lipinski definition) is 11. The van der Waals surface area contributed by atoms with Crippen LogP contribution in [0.3, 0.4) is 0 Å². The van der Waals surface area contributed by atoms with Gasteiger partial charge in [0.1, 0.15) is 36.1 Å². The first kappa shape index (κ1) is 29.1. The fourth-order valence-electron chi connectivity index (χ4n) is 12.3. The Labute approximate surface area is 255 Å². The largest absolute Gasteiger partial charge is 0.481 e. The van der Waals surface area contributed by atoms with E-state index < -0.39 is 93.5 Å². The number of carbonyl (C=O) groups excluding carboxylic acids is 3. The molecule has 12 heteroatoms. The first-order chi connectivity index (χ1) is 20.4. The molecular formula is C32H42O12. The van der Waals surface area contributed by atoms with Gasteiger partial charge in [-0.15, -0.1) is 0 Å². The van der Waals surface area contributed by atoms with Crippen molar-refractivity contribution in [2.75, 3.05) is 0 Å². The topological polar surface area (TPSA) is 182 Å². The second-order valence-corrected chi connectivity index (χ2v) is 16.0. The molecule has 12 nitrogen and oxygen atoms in total. The van der Waals surface area contributed by atoms with Gasteiger partial charge in [-0.1, -0.05) is 20.8 Å². The highest BCUT2D eigenvalue weighted by Crippen LogP contribution is 2.78. The fraction of sp³-hybridized carbons (Fsp3) is 0.875. The van der Waals surface area contributed by atoms with Crippen LogP contribution in [0.2, 0.25) is 0 Å². The van der Waals surface area contributed by atoms with E-state index in [-0.39, 0.29) is 42.5 Å². The Kier molecular flexibility index (Phi) is 5.53. The van der Waals surface area contributed by atoms with Crippen molar-refractivity contribution in [1.82, 2.24) is 0 Å². The van der Waals surface area contributed by atoms with Gasteiger partial charge in [0.2, 0.25) is 0 Å². The van der Waals surface area contributed by atoms with Crippen LogP contribution in [0.15, 0.2) is 0 Å². The molecule has 0 amide bonds. The maximum Gasteiger partial charge on any atom is 0.338 e. The number of carboxylic acids is 1. The second kappa shape index (κ2) is 8.35. The number of rotatable bonds is 3. The van der Waals surface area contributed by atoms with Gasteiger partial charge in [0.25, 0.3) is 0 Å². The number of carboxylic acid groups (broad SMARTS) is 1. The average Bonchev–Trinajstić information content (AvgIpc) is 3.82. The van der Waals surface area contributed by atoms with Crippen LogP contribution in [0.1, 0.15) is 67.2 Å². The van der Waals surface area contributed by atoms with E-state index in [1.807, 2.05) is 20.8 Å². The van der Waals surface area contributed by atoms with Crippen molar-refractivity contribution in [2.45, 2.75) is 121 Å². The highest BCUT2D eigenvalue weighted by Gasteiger charge is 2.85. The molecule has 8 aliphatic rings. The Morgan fingerprint density at radius 3 is 2.18 bits per heavy atom. The summed E-state index contributed by atoms with van der Waals surface area (Å²) in [5.41, 5.74) is -6.10. The lowest BCUT2D eigenvalue weighted by atomic mass is 9.41. The number of carbonyl (C=O) groups is 4. The lowest BCUT2D eigenvalue weighted by Gasteiger charge is -2.64. The summed E-state index contributed by atoms with van der Waals surface area (Å²) >= 11 is 0. The standard InChI is InChI=1S/C32H42O12/c1-11(33)40-18-8-14-19(23-25(44-23)32(39)10-17-22(42-17)24(30(14,32)5)41-12(2)34)13-7-15-21(29(13,18)4)20(26(35)36)16-9-28(15,3)31(6,38)27(37)43-16/h13-25,38-39H,7-10H2,1-6H3,(H,35,36)/t13-,14-,15?,16+,17-,18-,19-,20?,21?,22-,23-,24-,25-,28?,29+,30-,31?,32-/m0/s1. The summed E-state index contributed by atoms with van der Waals surface area (Å²) in [4.78, 5) is 51.3. The minimum atomic E-state index is -1.85. The number of ether oxygens (including phenoxy) is 5. The molecule has 0 spiro atoms. The van der Waals surface area contributed by atoms with E-state index >= 15 is 0 Å². The lowest BCUT2D eigenvalue weighted by Crippen LogP contribution is -2.73. The molecule has 3 heterocycles. The summed E-state index contributed by atoms with van der Waals surface area (Å²) in [7, 11) is 0. The number of aliphatic hydroxyl groups is 2. The van der Waals surface area contributed by atoms with E-state index in [0.29, 0.717) is 19.3 Å². The predicted molar refractivity (Wildman–Crippen MR) is 145 cm³/mol. The Balaban J connectivity index is 1.30. The fourth-order valence-corrected chi connectivity index (χ4v) is 12.3. The monoisotopic (exact) mass is 618 g/mol. The van der Waals surface area contributed by atoms with Crippen LogP contribution in [0.4, 0.5) is 0 Å². The molecular weight excluding hydrogens is 576 g/mol. The van der Waals surface area contributed by atoms with Crippen LogP contribution >= 0.6 is 0 Å². The van der Waals surface area contributed by atoms with Crippen LogP contribution in [-0.2, 0) is 42.9 Å². The Morgan fingerprint density at radius 2 is 1.55 bits per heavy atom. The van der Waals surface area contributed by atoms with Crippen LogP contribution in [0.25, 0.3) is 0 Å². The molecule has 5 aliphatic carbocycles. The molecule has 0 aromatic heterocycles. The van der Waals surface area contributed by atoms with Gasteiger partial charge in [-0.2, -0.15) is 0 Å². The van der Waals surface area contributed by atoms with Crippen molar-refractivity contribution < 1.29 is 58.2 Å². The summed E-state index contributed by atoms with van der Waals surface area (Å²) in [6, 6.07) is 0. The van der Waals surface area contributed by atoms with Gasteiger partial charge >= 0.3 is 23.9 Å². The Hall–Kier alpha value is -2.28. The van der Waals surface area contributed by atoms with Crippen LogP contribution in [0.5, 0.6) is 0 Å². The first-order valence-electron chi connectivity index (χ1n) is 16.0. The molecule has 5 unspecified atom stereocenters. The van der Waals surface area contributed by atoms with E-state index in [4.69, 9.17) is 23.7 Å². The highest BCUT2D eigenvalue weighted by molar-refractivity contribution is 5.83. The summed E-state index contributed by atoms with van der Waals surface area (Å²) in [5.74, 6) is -5.73. The third-order valence-electron chi connectivity index (χ3n) is 14.5. The molecule has 44 heavy (non-hydrogen) atoms. The number of epoxide rings is 2. The van der Waals surface area contributed by atoms with Crippen LogP contribution < -0.4 is 0 Å². The molecule has 8 fully saturated rings. The van der Waals surface area contributed by atoms with E-state index in [9.17, 15) is 34.5 Å². The smallest absolute Gasteiger partial charge is 0.338 e. The number of fused-ring (bicyclic) bond motifs is 14. The first-order valence-corrected chi connectivity index (χ1v) is 16.0. The minimum absolute atomic E-state index is 0.194. The van der Waals surface area contributed by atoms with Crippen molar-refractivity contribution in [2.24, 2.45) is 51.8 Å². The summed E-state index contributed by atoms with van der Waals surface area (Å²) < 4.78 is 30.1. The molecule has 3 N–H and O–H groups in total. The molecule has 0 radical (unpaired) electrons.